The van der Waals surface area contributed by atoms with Crippen LogP contribution in [0.5, 0.6) is 5.75 Å². The molecule has 3 nitrogen and oxygen atoms in total. The number of phenolic OH excluding ortho intramolecular Hbond substituents is 1. The summed E-state index contributed by atoms with van der Waals surface area (Å²) in [4.78, 5) is 12.0. The minimum Gasteiger partial charge on any atom is -0.507 e. The molecular weight excluding hydrogens is 376 g/mol. The van der Waals surface area contributed by atoms with Gasteiger partial charge in [-0.1, -0.05) is 11.6 Å². The van der Waals surface area contributed by atoms with Gasteiger partial charge in [-0.25, -0.2) is 0 Å². The SMILES string of the molecule is O=C(Nc1cc(C(F)(F)F)cc(C(F)(F)F)c1)c1ccc(Cl)cc1O. The molecule has 0 saturated carbocycles. The lowest BCUT2D eigenvalue weighted by molar-refractivity contribution is -0.143. The number of anilines is 1. The zero-order valence-electron chi connectivity index (χ0n) is 12.0. The van der Waals surface area contributed by atoms with Crippen molar-refractivity contribution in [2.24, 2.45) is 0 Å². The second-order valence-corrected chi connectivity index (χ2v) is 5.35. The Kier molecular flexibility index (Phi) is 4.90. The highest BCUT2D eigenvalue weighted by atomic mass is 35.5. The van der Waals surface area contributed by atoms with Crippen molar-refractivity contribution in [1.29, 1.82) is 0 Å². The van der Waals surface area contributed by atoms with Crippen molar-refractivity contribution < 1.29 is 36.2 Å². The Hall–Kier alpha value is -2.42. The number of amides is 1. The molecule has 0 fully saturated rings. The summed E-state index contributed by atoms with van der Waals surface area (Å²) in [6.07, 6.45) is -10.1. The van der Waals surface area contributed by atoms with Crippen molar-refractivity contribution >= 4 is 23.2 Å². The topological polar surface area (TPSA) is 49.3 Å². The number of alkyl halides is 6. The van der Waals surface area contributed by atoms with Crippen LogP contribution in [0.1, 0.15) is 21.5 Å². The normalized spacial score (nSPS) is 12.1. The first-order chi connectivity index (χ1) is 11.4. The molecule has 1 amide bonds. The molecule has 2 aromatic rings. The van der Waals surface area contributed by atoms with Gasteiger partial charge >= 0.3 is 12.4 Å². The van der Waals surface area contributed by atoms with Crippen molar-refractivity contribution in [3.8, 4) is 5.75 Å². The van der Waals surface area contributed by atoms with Crippen LogP contribution in [0, 0.1) is 0 Å². The Bertz CT molecular complexity index is 784. The maximum Gasteiger partial charge on any atom is 0.416 e. The van der Waals surface area contributed by atoms with Crippen LogP contribution in [0.25, 0.3) is 0 Å². The Balaban J connectivity index is 2.43. The van der Waals surface area contributed by atoms with Crippen LogP contribution < -0.4 is 5.32 Å². The standard InChI is InChI=1S/C15H8ClF6NO2/c16-9-1-2-11(12(24)6-9)13(25)23-10-4-7(14(17,18)19)3-8(5-10)15(20,21)22/h1-6,24H,(H,23,25). The molecule has 0 aliphatic heterocycles. The quantitative estimate of drug-likeness (QED) is 0.688. The van der Waals surface area contributed by atoms with Gasteiger partial charge < -0.3 is 10.4 Å². The number of halogens is 7. The average Bonchev–Trinajstić information content (AvgIpc) is 2.44. The summed E-state index contributed by atoms with van der Waals surface area (Å²) in [5, 5.41) is 11.6. The zero-order valence-corrected chi connectivity index (χ0v) is 12.7. The maximum atomic E-state index is 12.8. The number of carbonyl (C=O) groups is 1. The van der Waals surface area contributed by atoms with Gasteiger partial charge in [0, 0.05) is 10.7 Å². The second-order valence-electron chi connectivity index (χ2n) is 4.91. The van der Waals surface area contributed by atoms with Gasteiger partial charge in [-0.3, -0.25) is 4.79 Å². The summed E-state index contributed by atoms with van der Waals surface area (Å²) in [6.45, 7) is 0. The predicted octanol–water partition coefficient (Wildman–Crippen LogP) is 5.34. The molecule has 2 rings (SSSR count). The lowest BCUT2D eigenvalue weighted by atomic mass is 10.1. The van der Waals surface area contributed by atoms with Gasteiger partial charge in [0.05, 0.1) is 16.7 Å². The summed E-state index contributed by atoms with van der Waals surface area (Å²) in [7, 11) is 0. The molecule has 10 heteroatoms. The largest absolute Gasteiger partial charge is 0.507 e. The molecule has 0 aliphatic carbocycles. The van der Waals surface area contributed by atoms with Gasteiger partial charge in [-0.15, -0.1) is 0 Å². The molecule has 0 unspecified atom stereocenters. The molecule has 0 spiro atoms. The van der Waals surface area contributed by atoms with Gasteiger partial charge in [0.15, 0.2) is 0 Å². The monoisotopic (exact) mass is 383 g/mol. The molecule has 0 bridgehead atoms. The fraction of sp³-hybridized carbons (Fsp3) is 0.133. The van der Waals surface area contributed by atoms with Crippen LogP contribution in [0.4, 0.5) is 32.0 Å². The molecule has 2 N–H and O–H groups in total. The van der Waals surface area contributed by atoms with E-state index in [1.807, 2.05) is 5.32 Å². The highest BCUT2D eigenvalue weighted by molar-refractivity contribution is 6.31. The van der Waals surface area contributed by atoms with E-state index in [1.54, 1.807) is 0 Å². The van der Waals surface area contributed by atoms with Gasteiger partial charge in [0.2, 0.25) is 0 Å². The molecule has 0 heterocycles. The van der Waals surface area contributed by atoms with Crippen molar-refractivity contribution in [2.45, 2.75) is 12.4 Å². The Morgan fingerprint density at radius 2 is 1.44 bits per heavy atom. The van der Waals surface area contributed by atoms with Crippen LogP contribution >= 0.6 is 11.6 Å². The molecule has 25 heavy (non-hydrogen) atoms. The predicted molar refractivity (Wildman–Crippen MR) is 77.5 cm³/mol. The number of aromatic hydroxyl groups is 1. The third-order valence-electron chi connectivity index (χ3n) is 3.05. The fourth-order valence-electron chi connectivity index (χ4n) is 1.92. The number of phenols is 1. The summed E-state index contributed by atoms with van der Waals surface area (Å²) in [5.74, 6) is -1.67. The lowest BCUT2D eigenvalue weighted by Crippen LogP contribution is -2.16. The van der Waals surface area contributed by atoms with Gasteiger partial charge in [-0.2, -0.15) is 26.3 Å². The molecule has 2 aromatic carbocycles. The van der Waals surface area contributed by atoms with E-state index in [4.69, 9.17) is 11.6 Å². The highest BCUT2D eigenvalue weighted by Gasteiger charge is 2.37. The Morgan fingerprint density at radius 3 is 1.88 bits per heavy atom. The molecule has 0 aliphatic rings. The van der Waals surface area contributed by atoms with Gasteiger partial charge in [0.25, 0.3) is 5.91 Å². The number of benzene rings is 2. The second kappa shape index (κ2) is 6.47. The molecule has 0 aromatic heterocycles. The summed E-state index contributed by atoms with van der Waals surface area (Å²) in [5.41, 5.74) is -4.23. The van der Waals surface area contributed by atoms with Crippen LogP contribution in [-0.2, 0) is 12.4 Å². The van der Waals surface area contributed by atoms with Crippen molar-refractivity contribution in [2.75, 3.05) is 5.32 Å². The first-order valence-electron chi connectivity index (χ1n) is 6.47. The van der Waals surface area contributed by atoms with Crippen LogP contribution in [0.3, 0.4) is 0 Å². The van der Waals surface area contributed by atoms with Crippen LogP contribution in [-0.4, -0.2) is 11.0 Å². The van der Waals surface area contributed by atoms with E-state index in [1.165, 1.54) is 6.07 Å². The van der Waals surface area contributed by atoms with Crippen molar-refractivity contribution in [1.82, 2.24) is 0 Å². The number of hydrogen-bond acceptors (Lipinski definition) is 2. The molecular formula is C15H8ClF6NO2. The maximum absolute atomic E-state index is 12.8. The van der Waals surface area contributed by atoms with Crippen LogP contribution in [0.15, 0.2) is 36.4 Å². The van der Waals surface area contributed by atoms with Crippen molar-refractivity contribution in [3.05, 3.63) is 58.1 Å². The molecule has 134 valence electrons. The van der Waals surface area contributed by atoms with Gasteiger partial charge in [0.1, 0.15) is 5.75 Å². The third kappa shape index (κ3) is 4.56. The summed E-state index contributed by atoms with van der Waals surface area (Å²) < 4.78 is 76.6. The lowest BCUT2D eigenvalue weighted by Gasteiger charge is -2.15. The first kappa shape index (κ1) is 18.9. The number of rotatable bonds is 2. The zero-order chi connectivity index (χ0) is 19.0. The van der Waals surface area contributed by atoms with E-state index in [9.17, 15) is 36.2 Å². The Labute approximate surface area is 141 Å². The van der Waals surface area contributed by atoms with E-state index in [-0.39, 0.29) is 16.7 Å². The molecule has 0 saturated heterocycles. The summed E-state index contributed by atoms with van der Waals surface area (Å²) >= 11 is 5.58. The van der Waals surface area contributed by atoms with Crippen LogP contribution in [0.2, 0.25) is 5.02 Å². The molecule has 0 atom stereocenters. The number of carbonyl (C=O) groups excluding carboxylic acids is 1. The third-order valence-corrected chi connectivity index (χ3v) is 3.29. The van der Waals surface area contributed by atoms with E-state index in [0.717, 1.165) is 12.1 Å². The van der Waals surface area contributed by atoms with E-state index in [2.05, 4.69) is 0 Å². The first-order valence-corrected chi connectivity index (χ1v) is 6.85. The van der Waals surface area contributed by atoms with E-state index < -0.39 is 40.8 Å². The summed E-state index contributed by atoms with van der Waals surface area (Å²) in [6, 6.07) is 3.97. The average molecular weight is 384 g/mol. The van der Waals surface area contributed by atoms with E-state index in [0.29, 0.717) is 12.1 Å². The highest BCUT2D eigenvalue weighted by Crippen LogP contribution is 2.37. The fourth-order valence-corrected chi connectivity index (χ4v) is 2.09. The minimum atomic E-state index is -5.04. The Morgan fingerprint density at radius 1 is 0.920 bits per heavy atom. The minimum absolute atomic E-state index is 0.0601. The van der Waals surface area contributed by atoms with E-state index >= 15 is 0 Å². The van der Waals surface area contributed by atoms with Gasteiger partial charge in [-0.05, 0) is 36.4 Å². The number of nitrogens with one attached hydrogen (secondary N) is 1. The van der Waals surface area contributed by atoms with Crippen molar-refractivity contribution in [3.63, 3.8) is 0 Å². The smallest absolute Gasteiger partial charge is 0.416 e. The molecule has 0 radical (unpaired) electrons. The number of hydrogen-bond donors (Lipinski definition) is 2.